The Morgan fingerprint density at radius 1 is 1.18 bits per heavy atom. The summed E-state index contributed by atoms with van der Waals surface area (Å²) in [6, 6.07) is 4.76. The van der Waals surface area contributed by atoms with E-state index in [2.05, 4.69) is 38.2 Å². The van der Waals surface area contributed by atoms with Crippen molar-refractivity contribution in [1.82, 2.24) is 10.2 Å². The number of carboxylic acids is 1. The molecule has 1 unspecified atom stereocenters. The van der Waals surface area contributed by atoms with Crippen LogP contribution in [0.2, 0.25) is 0 Å². The van der Waals surface area contributed by atoms with Crippen LogP contribution in [0.4, 0.5) is 0 Å². The number of amides is 1. The molecule has 0 aliphatic heterocycles. The molecule has 0 spiro atoms. The lowest BCUT2D eigenvalue weighted by Gasteiger charge is -2.29. The van der Waals surface area contributed by atoms with Gasteiger partial charge in [-0.3, -0.25) is 14.5 Å². The summed E-state index contributed by atoms with van der Waals surface area (Å²) in [5, 5.41) is 12.9. The number of rotatable bonds is 16. The van der Waals surface area contributed by atoms with Gasteiger partial charge in [0.15, 0.2) is 0 Å². The lowest BCUT2D eigenvalue weighted by Crippen LogP contribution is -2.35. The standard InChI is InChI=1S/C26H42N2O4.ClH/c1-6-8-17-28(7-2)25(26(30)31)22-16-15-21(18-23(22)32-5)19-27-24(29)14-12-10-9-11-13-20(3)4;/h11,13,15-16,18,20,25H,6-10,12,14,17,19H2,1-5H3,(H,27,29)(H,30,31);1H. The minimum absolute atomic E-state index is 0. The third-order valence-corrected chi connectivity index (χ3v) is 5.43. The van der Waals surface area contributed by atoms with Crippen molar-refractivity contribution in [1.29, 1.82) is 0 Å². The molecule has 1 atom stereocenters. The minimum atomic E-state index is -0.884. The van der Waals surface area contributed by atoms with Gasteiger partial charge in [-0.25, -0.2) is 0 Å². The van der Waals surface area contributed by atoms with Crippen LogP contribution in [-0.4, -0.2) is 42.1 Å². The predicted molar refractivity (Wildman–Crippen MR) is 137 cm³/mol. The SMILES string of the molecule is CCCCN(CC)C(C(=O)O)c1ccc(CNC(=O)CCCCC=CC(C)C)cc1OC.Cl. The smallest absolute Gasteiger partial charge is 0.325 e. The van der Waals surface area contributed by atoms with Crippen LogP contribution in [0.15, 0.2) is 30.4 Å². The first kappa shape index (κ1) is 30.9. The van der Waals surface area contributed by atoms with Crippen molar-refractivity contribution in [3.63, 3.8) is 0 Å². The average molecular weight is 483 g/mol. The average Bonchev–Trinajstić information content (AvgIpc) is 2.77. The summed E-state index contributed by atoms with van der Waals surface area (Å²) in [5.74, 6) is 0.247. The van der Waals surface area contributed by atoms with Crippen LogP contribution in [0, 0.1) is 5.92 Å². The number of likely N-dealkylation sites (N-methyl/N-ethyl adjacent to an activating group) is 1. The van der Waals surface area contributed by atoms with Crippen molar-refractivity contribution < 1.29 is 19.4 Å². The molecular formula is C26H43ClN2O4. The maximum absolute atomic E-state index is 12.2. The molecule has 1 aromatic rings. The molecule has 1 rings (SSSR count). The maximum atomic E-state index is 12.2. The van der Waals surface area contributed by atoms with Gasteiger partial charge in [0, 0.05) is 18.5 Å². The van der Waals surface area contributed by atoms with Gasteiger partial charge in [0.05, 0.1) is 7.11 Å². The molecule has 0 aliphatic carbocycles. The van der Waals surface area contributed by atoms with Crippen LogP contribution in [-0.2, 0) is 16.1 Å². The lowest BCUT2D eigenvalue weighted by molar-refractivity contribution is -0.143. The first-order chi connectivity index (χ1) is 15.3. The lowest BCUT2D eigenvalue weighted by atomic mass is 10.0. The first-order valence-corrected chi connectivity index (χ1v) is 11.9. The van der Waals surface area contributed by atoms with Gasteiger partial charge in [-0.15, -0.1) is 12.4 Å². The molecule has 0 saturated carbocycles. The summed E-state index contributed by atoms with van der Waals surface area (Å²) in [5.41, 5.74) is 1.53. The van der Waals surface area contributed by atoms with Crippen LogP contribution in [0.1, 0.15) is 83.4 Å². The van der Waals surface area contributed by atoms with E-state index in [-0.39, 0.29) is 18.3 Å². The Balaban J connectivity index is 0.0000102. The number of benzene rings is 1. The van der Waals surface area contributed by atoms with E-state index in [9.17, 15) is 14.7 Å². The quantitative estimate of drug-likeness (QED) is 0.231. The predicted octanol–water partition coefficient (Wildman–Crippen LogP) is 5.75. The molecule has 0 heterocycles. The highest BCUT2D eigenvalue weighted by Crippen LogP contribution is 2.31. The molecule has 1 amide bonds. The molecule has 0 bridgehead atoms. The third kappa shape index (κ3) is 11.6. The van der Waals surface area contributed by atoms with Crippen molar-refractivity contribution in [2.24, 2.45) is 5.92 Å². The number of ether oxygens (including phenoxy) is 1. The number of halogens is 1. The minimum Gasteiger partial charge on any atom is -0.496 e. The van der Waals surface area contributed by atoms with Gasteiger partial charge in [0.1, 0.15) is 11.8 Å². The van der Waals surface area contributed by atoms with E-state index in [1.807, 2.05) is 30.0 Å². The van der Waals surface area contributed by atoms with Crippen LogP contribution < -0.4 is 10.1 Å². The van der Waals surface area contributed by atoms with E-state index in [1.54, 1.807) is 7.11 Å². The molecule has 0 aliphatic rings. The summed E-state index contributed by atoms with van der Waals surface area (Å²) >= 11 is 0. The topological polar surface area (TPSA) is 78.9 Å². The van der Waals surface area contributed by atoms with Crippen molar-refractivity contribution in [2.75, 3.05) is 20.2 Å². The Kier molecular flexibility index (Phi) is 16.3. The zero-order valence-electron chi connectivity index (χ0n) is 20.9. The first-order valence-electron chi connectivity index (χ1n) is 11.9. The van der Waals surface area contributed by atoms with Gasteiger partial charge in [0.25, 0.3) is 0 Å². The number of allylic oxidation sites excluding steroid dienone is 2. The monoisotopic (exact) mass is 482 g/mol. The molecule has 1 aromatic carbocycles. The molecule has 0 radical (unpaired) electrons. The summed E-state index contributed by atoms with van der Waals surface area (Å²) < 4.78 is 5.53. The Bertz CT molecular complexity index is 737. The fourth-order valence-corrected chi connectivity index (χ4v) is 3.61. The largest absolute Gasteiger partial charge is 0.496 e. The van der Waals surface area contributed by atoms with E-state index in [1.165, 1.54) is 0 Å². The number of hydrogen-bond acceptors (Lipinski definition) is 4. The Labute approximate surface area is 206 Å². The molecule has 7 heteroatoms. The second-order valence-electron chi connectivity index (χ2n) is 8.49. The number of methoxy groups -OCH3 is 1. The van der Waals surface area contributed by atoms with Crippen LogP contribution >= 0.6 is 12.4 Å². The van der Waals surface area contributed by atoms with Crippen molar-refractivity contribution in [2.45, 2.75) is 78.8 Å². The number of nitrogens with zero attached hydrogens (tertiary/aromatic N) is 1. The summed E-state index contributed by atoms with van der Waals surface area (Å²) in [6.07, 6.45) is 9.70. The number of carboxylic acid groups (broad SMARTS) is 1. The molecule has 188 valence electrons. The number of carbonyl (C=O) groups is 2. The number of aliphatic carboxylic acids is 1. The van der Waals surface area contributed by atoms with Crippen LogP contribution in [0.25, 0.3) is 0 Å². The van der Waals surface area contributed by atoms with Gasteiger partial charge in [0.2, 0.25) is 5.91 Å². The highest BCUT2D eigenvalue weighted by molar-refractivity contribution is 5.85. The third-order valence-electron chi connectivity index (χ3n) is 5.43. The summed E-state index contributed by atoms with van der Waals surface area (Å²) in [6.45, 7) is 10.1. The molecule has 33 heavy (non-hydrogen) atoms. The molecule has 2 N–H and O–H groups in total. The number of carbonyl (C=O) groups excluding carboxylic acids is 1. The second-order valence-corrected chi connectivity index (χ2v) is 8.49. The van der Waals surface area contributed by atoms with Gasteiger partial charge in [-0.2, -0.15) is 0 Å². The summed E-state index contributed by atoms with van der Waals surface area (Å²) in [7, 11) is 1.55. The number of hydrogen-bond donors (Lipinski definition) is 2. The van der Waals surface area contributed by atoms with Crippen molar-refractivity contribution in [3.05, 3.63) is 41.5 Å². The van der Waals surface area contributed by atoms with Gasteiger partial charge in [-0.1, -0.05) is 58.4 Å². The zero-order chi connectivity index (χ0) is 23.9. The van der Waals surface area contributed by atoms with E-state index < -0.39 is 12.0 Å². The van der Waals surface area contributed by atoms with Crippen LogP contribution in [0.5, 0.6) is 5.75 Å². The Morgan fingerprint density at radius 3 is 2.48 bits per heavy atom. The van der Waals surface area contributed by atoms with Gasteiger partial charge < -0.3 is 15.2 Å². The van der Waals surface area contributed by atoms with Crippen molar-refractivity contribution in [3.8, 4) is 5.75 Å². The highest BCUT2D eigenvalue weighted by Gasteiger charge is 2.29. The molecular weight excluding hydrogens is 440 g/mol. The summed E-state index contributed by atoms with van der Waals surface area (Å²) in [4.78, 5) is 26.2. The Hall–Kier alpha value is -2.05. The van der Waals surface area contributed by atoms with Crippen molar-refractivity contribution >= 4 is 24.3 Å². The second kappa shape index (κ2) is 17.4. The molecule has 0 aromatic heterocycles. The normalized spacial score (nSPS) is 12.1. The van der Waals surface area contributed by atoms with E-state index in [4.69, 9.17) is 4.74 Å². The fraction of sp³-hybridized carbons (Fsp3) is 0.615. The van der Waals surface area contributed by atoms with Crippen LogP contribution in [0.3, 0.4) is 0 Å². The number of unbranched alkanes of at least 4 members (excludes halogenated alkanes) is 3. The van der Waals surface area contributed by atoms with Gasteiger partial charge in [-0.05, 0) is 56.3 Å². The van der Waals surface area contributed by atoms with E-state index >= 15 is 0 Å². The maximum Gasteiger partial charge on any atom is 0.325 e. The zero-order valence-corrected chi connectivity index (χ0v) is 21.7. The molecule has 0 saturated heterocycles. The fourth-order valence-electron chi connectivity index (χ4n) is 3.61. The highest BCUT2D eigenvalue weighted by atomic mass is 35.5. The molecule has 6 nitrogen and oxygen atoms in total. The van der Waals surface area contributed by atoms with E-state index in [0.29, 0.717) is 36.7 Å². The van der Waals surface area contributed by atoms with Gasteiger partial charge >= 0.3 is 5.97 Å². The number of nitrogens with one attached hydrogen (secondary N) is 1. The Morgan fingerprint density at radius 2 is 1.91 bits per heavy atom. The van der Waals surface area contributed by atoms with E-state index in [0.717, 1.165) is 44.2 Å². The molecule has 0 fully saturated rings.